The minimum Gasteiger partial charge on any atom is -0.324 e. The highest BCUT2D eigenvalue weighted by Crippen LogP contribution is 2.22. The molecular weight excluding hydrogens is 414 g/mol. The maximum absolute atomic E-state index is 13.2. The Kier molecular flexibility index (Phi) is 5.86. The molecule has 3 aromatic carbocycles. The minimum absolute atomic E-state index is 0.0822. The Bertz CT molecular complexity index is 1220. The maximum Gasteiger partial charge on any atom is 0.255 e. The van der Waals surface area contributed by atoms with Crippen LogP contribution in [0.5, 0.6) is 0 Å². The van der Waals surface area contributed by atoms with E-state index in [0.29, 0.717) is 27.7 Å². The molecule has 0 radical (unpaired) electrons. The van der Waals surface area contributed by atoms with E-state index in [1.807, 2.05) is 30.3 Å². The van der Waals surface area contributed by atoms with Crippen LogP contribution >= 0.6 is 11.6 Å². The van der Waals surface area contributed by atoms with E-state index < -0.39 is 6.04 Å². The monoisotopic (exact) mass is 431 g/mol. The summed E-state index contributed by atoms with van der Waals surface area (Å²) in [6, 6.07) is 22.1. The van der Waals surface area contributed by atoms with Crippen molar-refractivity contribution < 1.29 is 9.59 Å². The number of ketones is 1. The Hall–Kier alpha value is -3.84. The van der Waals surface area contributed by atoms with Crippen LogP contribution in [0.1, 0.15) is 28.9 Å². The summed E-state index contributed by atoms with van der Waals surface area (Å²) < 4.78 is 0. The van der Waals surface area contributed by atoms with Crippen molar-refractivity contribution in [3.63, 3.8) is 0 Å². The van der Waals surface area contributed by atoms with Gasteiger partial charge in [-0.25, -0.2) is 0 Å². The molecule has 7 nitrogen and oxygen atoms in total. The van der Waals surface area contributed by atoms with E-state index in [4.69, 9.17) is 11.6 Å². The standard InChI is InChI=1S/C23H18ClN5O2/c1-15(30)18-8-5-9-20(14-18)25-23(31)21(16-6-3-2-4-7-16)29-27-22(26-28-29)17-10-12-19(24)13-11-17/h2-14,21H,1H3,(H,25,31). The molecule has 1 heterocycles. The third-order valence-electron chi connectivity index (χ3n) is 4.66. The largest absolute Gasteiger partial charge is 0.324 e. The Labute approximate surface area is 183 Å². The normalized spacial score (nSPS) is 11.7. The highest BCUT2D eigenvalue weighted by atomic mass is 35.5. The van der Waals surface area contributed by atoms with E-state index in [2.05, 4.69) is 20.7 Å². The molecule has 0 spiro atoms. The summed E-state index contributed by atoms with van der Waals surface area (Å²) in [7, 11) is 0. The number of hydrogen-bond acceptors (Lipinski definition) is 5. The molecule has 1 N–H and O–H groups in total. The van der Waals surface area contributed by atoms with Crippen LogP contribution in [0.3, 0.4) is 0 Å². The van der Waals surface area contributed by atoms with E-state index in [0.717, 1.165) is 5.56 Å². The van der Waals surface area contributed by atoms with Crippen molar-refractivity contribution in [1.82, 2.24) is 20.2 Å². The average Bonchev–Trinajstić information content (AvgIpc) is 3.25. The lowest BCUT2D eigenvalue weighted by atomic mass is 10.1. The number of halogens is 1. The Balaban J connectivity index is 1.67. The quantitative estimate of drug-likeness (QED) is 0.456. The van der Waals surface area contributed by atoms with Crippen molar-refractivity contribution in [2.24, 2.45) is 0 Å². The molecule has 0 aliphatic rings. The van der Waals surface area contributed by atoms with Crippen molar-refractivity contribution in [2.75, 3.05) is 5.32 Å². The van der Waals surface area contributed by atoms with Crippen LogP contribution in [0, 0.1) is 0 Å². The molecule has 1 atom stereocenters. The van der Waals surface area contributed by atoms with Crippen LogP contribution in [0.25, 0.3) is 11.4 Å². The highest BCUT2D eigenvalue weighted by molar-refractivity contribution is 6.30. The molecule has 1 amide bonds. The van der Waals surface area contributed by atoms with Crippen LogP contribution in [0.4, 0.5) is 5.69 Å². The van der Waals surface area contributed by atoms with E-state index in [9.17, 15) is 9.59 Å². The molecule has 4 aromatic rings. The molecule has 31 heavy (non-hydrogen) atoms. The van der Waals surface area contributed by atoms with Gasteiger partial charge in [0.1, 0.15) is 0 Å². The third-order valence-corrected chi connectivity index (χ3v) is 4.91. The number of benzene rings is 3. The van der Waals surface area contributed by atoms with Gasteiger partial charge in [-0.15, -0.1) is 15.0 Å². The van der Waals surface area contributed by atoms with Gasteiger partial charge in [-0.3, -0.25) is 9.59 Å². The van der Waals surface area contributed by atoms with E-state index in [-0.39, 0.29) is 11.7 Å². The van der Waals surface area contributed by atoms with E-state index in [1.165, 1.54) is 11.7 Å². The number of hydrogen-bond donors (Lipinski definition) is 1. The van der Waals surface area contributed by atoms with E-state index >= 15 is 0 Å². The fraction of sp³-hybridized carbons (Fsp3) is 0.0870. The van der Waals surface area contributed by atoms with Crippen molar-refractivity contribution >= 4 is 29.0 Å². The predicted octanol–water partition coefficient (Wildman–Crippen LogP) is 4.42. The Morgan fingerprint density at radius 3 is 2.42 bits per heavy atom. The van der Waals surface area contributed by atoms with Crippen LogP contribution in [-0.4, -0.2) is 31.9 Å². The summed E-state index contributed by atoms with van der Waals surface area (Å²) in [5.74, 6) is -0.0582. The number of aromatic nitrogens is 4. The van der Waals surface area contributed by atoms with E-state index in [1.54, 1.807) is 48.5 Å². The molecule has 4 rings (SSSR count). The van der Waals surface area contributed by atoms with Crippen molar-refractivity contribution in [3.8, 4) is 11.4 Å². The number of nitrogens with one attached hydrogen (secondary N) is 1. The van der Waals surface area contributed by atoms with Gasteiger partial charge in [-0.05, 0) is 54.1 Å². The SMILES string of the molecule is CC(=O)c1cccc(NC(=O)C(c2ccccc2)n2nnc(-c3ccc(Cl)cc3)n2)c1. The lowest BCUT2D eigenvalue weighted by Crippen LogP contribution is -2.28. The number of carbonyl (C=O) groups excluding carboxylic acids is 2. The van der Waals surface area contributed by atoms with Gasteiger partial charge in [0.25, 0.3) is 5.91 Å². The fourth-order valence-electron chi connectivity index (χ4n) is 3.10. The average molecular weight is 432 g/mol. The zero-order chi connectivity index (χ0) is 21.8. The van der Waals surface area contributed by atoms with Gasteiger partial charge >= 0.3 is 0 Å². The lowest BCUT2D eigenvalue weighted by molar-refractivity contribution is -0.118. The predicted molar refractivity (Wildman–Crippen MR) is 118 cm³/mol. The molecular formula is C23H18ClN5O2. The maximum atomic E-state index is 13.2. The van der Waals surface area contributed by atoms with Crippen LogP contribution < -0.4 is 5.32 Å². The first-order valence-electron chi connectivity index (χ1n) is 9.53. The van der Waals surface area contributed by atoms with Crippen molar-refractivity contribution in [2.45, 2.75) is 13.0 Å². The first-order chi connectivity index (χ1) is 15.0. The Morgan fingerprint density at radius 1 is 0.968 bits per heavy atom. The first-order valence-corrected chi connectivity index (χ1v) is 9.91. The van der Waals surface area contributed by atoms with Crippen molar-refractivity contribution in [3.05, 3.63) is 95.0 Å². The summed E-state index contributed by atoms with van der Waals surface area (Å²) in [5.41, 5.74) is 2.45. The van der Waals surface area contributed by atoms with Crippen molar-refractivity contribution in [1.29, 1.82) is 0 Å². The van der Waals surface area contributed by atoms with Gasteiger partial charge in [0.05, 0.1) is 0 Å². The molecule has 1 unspecified atom stereocenters. The first kappa shape index (κ1) is 20.4. The summed E-state index contributed by atoms with van der Waals surface area (Å²) in [4.78, 5) is 26.2. The summed E-state index contributed by atoms with van der Waals surface area (Å²) in [6.07, 6.45) is 0. The van der Waals surface area contributed by atoms with Gasteiger partial charge in [0.15, 0.2) is 11.8 Å². The lowest BCUT2D eigenvalue weighted by Gasteiger charge is -2.16. The molecule has 0 saturated carbocycles. The number of nitrogens with zero attached hydrogens (tertiary/aromatic N) is 4. The second kappa shape index (κ2) is 8.89. The summed E-state index contributed by atoms with van der Waals surface area (Å²) in [6.45, 7) is 1.48. The molecule has 0 aliphatic carbocycles. The summed E-state index contributed by atoms with van der Waals surface area (Å²) in [5, 5.41) is 16.1. The second-order valence-corrected chi connectivity index (χ2v) is 7.32. The number of rotatable bonds is 6. The minimum atomic E-state index is -0.851. The van der Waals surface area contributed by atoms with Gasteiger partial charge < -0.3 is 5.32 Å². The van der Waals surface area contributed by atoms with Crippen LogP contribution in [-0.2, 0) is 4.79 Å². The highest BCUT2D eigenvalue weighted by Gasteiger charge is 2.26. The molecule has 0 fully saturated rings. The summed E-state index contributed by atoms with van der Waals surface area (Å²) >= 11 is 5.95. The third kappa shape index (κ3) is 4.67. The number of anilines is 1. The number of tetrazole rings is 1. The molecule has 8 heteroatoms. The molecule has 0 saturated heterocycles. The van der Waals surface area contributed by atoms with Gasteiger partial charge in [0.2, 0.25) is 5.82 Å². The topological polar surface area (TPSA) is 89.8 Å². The second-order valence-electron chi connectivity index (χ2n) is 6.88. The zero-order valence-electron chi connectivity index (χ0n) is 16.6. The Morgan fingerprint density at radius 2 is 1.71 bits per heavy atom. The fourth-order valence-corrected chi connectivity index (χ4v) is 3.23. The molecule has 154 valence electrons. The smallest absolute Gasteiger partial charge is 0.255 e. The number of Topliss-reactive ketones (excluding diaryl/α,β-unsaturated/α-hetero) is 1. The number of amides is 1. The van der Waals surface area contributed by atoms with Gasteiger partial charge in [-0.2, -0.15) is 0 Å². The molecule has 0 bridgehead atoms. The molecule has 0 aliphatic heterocycles. The van der Waals surface area contributed by atoms with Gasteiger partial charge in [-0.1, -0.05) is 54.1 Å². The van der Waals surface area contributed by atoms with Gasteiger partial charge in [0, 0.05) is 21.8 Å². The van der Waals surface area contributed by atoms with Crippen LogP contribution in [0.2, 0.25) is 5.02 Å². The molecule has 1 aromatic heterocycles. The van der Waals surface area contributed by atoms with Crippen LogP contribution in [0.15, 0.2) is 78.9 Å². The number of carbonyl (C=O) groups is 2. The zero-order valence-corrected chi connectivity index (χ0v) is 17.3.